The number of amides is 2. The van der Waals surface area contributed by atoms with E-state index in [0.29, 0.717) is 44.8 Å². The Labute approximate surface area is 193 Å². The summed E-state index contributed by atoms with van der Waals surface area (Å²) in [5, 5.41) is 15.4. The number of carbonyl (C=O) groups excluding carboxylic acids is 2. The Morgan fingerprint density at radius 2 is 1.90 bits per heavy atom. The summed E-state index contributed by atoms with van der Waals surface area (Å²) in [6.45, 7) is 9.07. The fraction of sp³-hybridized carbons (Fsp3) is 0.550. The number of aliphatic imine (C=N–C) groups is 1. The van der Waals surface area contributed by atoms with Gasteiger partial charge in [-0.1, -0.05) is 0 Å². The van der Waals surface area contributed by atoms with Crippen LogP contribution in [0.3, 0.4) is 0 Å². The quantitative estimate of drug-likeness (QED) is 0.403. The minimum atomic E-state index is -0.502. The van der Waals surface area contributed by atoms with Crippen molar-refractivity contribution in [1.29, 1.82) is 0 Å². The van der Waals surface area contributed by atoms with Crippen molar-refractivity contribution in [2.45, 2.75) is 32.4 Å². The van der Waals surface area contributed by atoms with Gasteiger partial charge in [0.05, 0.1) is 12.6 Å². The van der Waals surface area contributed by atoms with Crippen LogP contribution in [-0.2, 0) is 4.74 Å². The van der Waals surface area contributed by atoms with Gasteiger partial charge in [-0.05, 0) is 45.0 Å². The minimum Gasteiger partial charge on any atom is -0.508 e. The summed E-state index contributed by atoms with van der Waals surface area (Å²) in [5.74, 6) is 0.741. The van der Waals surface area contributed by atoms with Crippen molar-refractivity contribution in [3.63, 3.8) is 0 Å². The number of phenols is 1. The molecule has 9 nitrogen and oxygen atoms in total. The third-order valence-corrected chi connectivity index (χ3v) is 4.68. The van der Waals surface area contributed by atoms with Gasteiger partial charge in [0, 0.05) is 38.3 Å². The molecule has 30 heavy (non-hydrogen) atoms. The van der Waals surface area contributed by atoms with Crippen molar-refractivity contribution < 1.29 is 19.4 Å². The maximum absolute atomic E-state index is 12.3. The van der Waals surface area contributed by atoms with Crippen molar-refractivity contribution in [3.8, 4) is 5.75 Å². The van der Waals surface area contributed by atoms with Gasteiger partial charge in [-0.25, -0.2) is 4.79 Å². The van der Waals surface area contributed by atoms with Crippen LogP contribution in [0.1, 0.15) is 31.1 Å². The van der Waals surface area contributed by atoms with Crippen molar-refractivity contribution >= 4 is 41.9 Å². The van der Waals surface area contributed by atoms with Gasteiger partial charge < -0.3 is 30.3 Å². The summed E-state index contributed by atoms with van der Waals surface area (Å²) in [7, 11) is 0. The van der Waals surface area contributed by atoms with E-state index in [1.165, 1.54) is 12.1 Å². The third kappa shape index (κ3) is 6.38. The van der Waals surface area contributed by atoms with Crippen molar-refractivity contribution in [1.82, 2.24) is 20.4 Å². The Kier molecular flexibility index (Phi) is 8.16. The Morgan fingerprint density at radius 3 is 2.57 bits per heavy atom. The average molecular weight is 531 g/mol. The molecule has 2 aliphatic rings. The number of nitrogens with one attached hydrogen (secondary N) is 2. The lowest BCUT2D eigenvalue weighted by atomic mass is 10.2. The fourth-order valence-corrected chi connectivity index (χ4v) is 3.29. The lowest BCUT2D eigenvalue weighted by Crippen LogP contribution is -2.57. The number of carbonyl (C=O) groups is 2. The molecule has 1 aromatic rings. The van der Waals surface area contributed by atoms with E-state index < -0.39 is 5.60 Å². The Morgan fingerprint density at radius 1 is 1.20 bits per heavy atom. The molecule has 0 spiro atoms. The summed E-state index contributed by atoms with van der Waals surface area (Å²) in [6.07, 6.45) is -0.282. The molecule has 166 valence electrons. The Hall–Kier alpha value is -2.24. The highest BCUT2D eigenvalue weighted by Gasteiger charge is 2.36. The van der Waals surface area contributed by atoms with Gasteiger partial charge >= 0.3 is 6.09 Å². The second kappa shape index (κ2) is 10.2. The molecule has 1 fully saturated rings. The molecule has 0 aromatic heterocycles. The molecule has 2 heterocycles. The second-order valence-corrected chi connectivity index (χ2v) is 8.17. The van der Waals surface area contributed by atoms with E-state index in [-0.39, 0.29) is 47.8 Å². The maximum Gasteiger partial charge on any atom is 0.410 e. The lowest BCUT2D eigenvalue weighted by Gasteiger charge is -2.39. The van der Waals surface area contributed by atoms with E-state index in [0.717, 1.165) is 5.96 Å². The first kappa shape index (κ1) is 24.0. The molecular weight excluding hydrogens is 501 g/mol. The van der Waals surface area contributed by atoms with Gasteiger partial charge in [-0.2, -0.15) is 0 Å². The topological polar surface area (TPSA) is 106 Å². The van der Waals surface area contributed by atoms with Gasteiger partial charge in [0.15, 0.2) is 5.96 Å². The Balaban J connectivity index is 0.00000320. The van der Waals surface area contributed by atoms with E-state index in [1.807, 2.05) is 20.8 Å². The van der Waals surface area contributed by atoms with Gasteiger partial charge in [0.25, 0.3) is 5.91 Å². The summed E-state index contributed by atoms with van der Waals surface area (Å²) in [6, 6.07) is 6.27. The molecule has 10 heteroatoms. The number of fused-ring (bicyclic) bond motifs is 1. The molecule has 0 saturated carbocycles. The number of piperazine rings is 1. The smallest absolute Gasteiger partial charge is 0.410 e. The molecule has 1 unspecified atom stereocenters. The van der Waals surface area contributed by atoms with Crippen molar-refractivity contribution in [3.05, 3.63) is 29.8 Å². The lowest BCUT2D eigenvalue weighted by molar-refractivity contribution is 0.0137. The molecule has 0 bridgehead atoms. The van der Waals surface area contributed by atoms with Crippen LogP contribution < -0.4 is 10.6 Å². The molecule has 2 amide bonds. The van der Waals surface area contributed by atoms with Crippen LogP contribution in [-0.4, -0.2) is 83.8 Å². The molecule has 1 atom stereocenters. The largest absolute Gasteiger partial charge is 0.508 e. The van der Waals surface area contributed by atoms with E-state index in [9.17, 15) is 14.7 Å². The van der Waals surface area contributed by atoms with Crippen LogP contribution in [0.2, 0.25) is 0 Å². The molecule has 1 saturated heterocycles. The normalized spacial score (nSPS) is 18.1. The van der Waals surface area contributed by atoms with Crippen LogP contribution >= 0.6 is 24.0 Å². The zero-order chi connectivity index (χ0) is 21.0. The average Bonchev–Trinajstić information content (AvgIpc) is 3.06. The fourth-order valence-electron chi connectivity index (χ4n) is 3.29. The molecular formula is C20H30IN5O4. The molecule has 0 aliphatic carbocycles. The van der Waals surface area contributed by atoms with Crippen molar-refractivity contribution in [2.24, 2.45) is 4.99 Å². The predicted molar refractivity (Wildman–Crippen MR) is 124 cm³/mol. The zero-order valence-electron chi connectivity index (χ0n) is 17.6. The number of hydrogen-bond acceptors (Lipinski definition) is 7. The van der Waals surface area contributed by atoms with Crippen LogP contribution in [0.4, 0.5) is 4.79 Å². The highest BCUT2D eigenvalue weighted by molar-refractivity contribution is 14.0. The first-order chi connectivity index (χ1) is 13.7. The number of hydrogen-bond donors (Lipinski definition) is 3. The summed E-state index contributed by atoms with van der Waals surface area (Å²) >= 11 is 0. The van der Waals surface area contributed by atoms with Crippen LogP contribution in [0.5, 0.6) is 5.75 Å². The van der Waals surface area contributed by atoms with E-state index in [2.05, 4.69) is 20.5 Å². The van der Waals surface area contributed by atoms with Gasteiger partial charge in [-0.15, -0.1) is 24.0 Å². The summed E-state index contributed by atoms with van der Waals surface area (Å²) in [4.78, 5) is 32.8. The van der Waals surface area contributed by atoms with Crippen molar-refractivity contribution in [2.75, 3.05) is 39.3 Å². The maximum atomic E-state index is 12.3. The number of halogens is 1. The van der Waals surface area contributed by atoms with E-state index in [1.54, 1.807) is 17.0 Å². The summed E-state index contributed by atoms with van der Waals surface area (Å²) < 4.78 is 5.46. The van der Waals surface area contributed by atoms with Crippen LogP contribution in [0.15, 0.2) is 29.3 Å². The number of aromatic hydroxyl groups is 1. The standard InChI is InChI=1S/C20H29N5O4.HI/c1-20(2,3)29-19(28)24-10-11-25-15(13-24)12-23-18(25)22-9-8-21-17(27)14-4-6-16(26)7-5-14;/h4-7,15,26H,8-13H2,1-3H3,(H,21,27)(H,22,23);1H. The molecule has 2 aliphatic heterocycles. The van der Waals surface area contributed by atoms with E-state index in [4.69, 9.17) is 4.74 Å². The number of benzene rings is 1. The highest BCUT2D eigenvalue weighted by Crippen LogP contribution is 2.18. The first-order valence-electron chi connectivity index (χ1n) is 9.83. The minimum absolute atomic E-state index is 0. The van der Waals surface area contributed by atoms with Gasteiger partial charge in [-0.3, -0.25) is 9.79 Å². The summed E-state index contributed by atoms with van der Waals surface area (Å²) in [5.41, 5.74) is -0.00292. The van der Waals surface area contributed by atoms with Gasteiger partial charge in [0.2, 0.25) is 0 Å². The second-order valence-electron chi connectivity index (χ2n) is 8.17. The zero-order valence-corrected chi connectivity index (χ0v) is 19.9. The SMILES string of the molecule is CC(C)(C)OC(=O)N1CCN2C(NCCNC(=O)c3ccc(O)cc3)=NCC2C1.I. The van der Waals surface area contributed by atoms with E-state index >= 15 is 0 Å². The number of phenolic OH excluding ortho intramolecular Hbond substituents is 1. The highest BCUT2D eigenvalue weighted by atomic mass is 127. The molecule has 0 radical (unpaired) electrons. The monoisotopic (exact) mass is 531 g/mol. The van der Waals surface area contributed by atoms with Crippen LogP contribution in [0.25, 0.3) is 0 Å². The number of nitrogens with zero attached hydrogens (tertiary/aromatic N) is 3. The first-order valence-corrected chi connectivity index (χ1v) is 9.83. The number of guanidine groups is 1. The number of rotatable bonds is 4. The number of ether oxygens (including phenoxy) is 1. The van der Waals surface area contributed by atoms with Crippen LogP contribution in [0, 0.1) is 0 Å². The third-order valence-electron chi connectivity index (χ3n) is 4.68. The molecule has 3 N–H and O–H groups in total. The molecule has 1 aromatic carbocycles. The predicted octanol–water partition coefficient (Wildman–Crippen LogP) is 1.62. The van der Waals surface area contributed by atoms with Gasteiger partial charge in [0.1, 0.15) is 11.4 Å². The molecule has 3 rings (SSSR count). The Bertz CT molecular complexity index is 778.